The lowest BCUT2D eigenvalue weighted by atomic mass is 10.3. The highest BCUT2D eigenvalue weighted by Crippen LogP contribution is 2.07. The van der Waals surface area contributed by atoms with Crippen LogP contribution in [0.4, 0.5) is 5.69 Å². The topological polar surface area (TPSA) is 38.9 Å². The first-order valence-electron chi connectivity index (χ1n) is 3.09. The molecule has 0 fully saturated rings. The molecule has 0 bridgehead atoms. The maximum atomic E-state index is 5.55. The van der Waals surface area contributed by atoms with E-state index in [2.05, 4.69) is 11.6 Å². The van der Waals surface area contributed by atoms with Crippen LogP contribution < -0.4 is 5.73 Å². The zero-order valence-corrected chi connectivity index (χ0v) is 5.96. The maximum Gasteiger partial charge on any atom is 0.0647 e. The SMILES string of the molecule is C=Cc1cc(N)cc(C)n1. The van der Waals surface area contributed by atoms with Gasteiger partial charge in [-0.15, -0.1) is 0 Å². The molecule has 0 atom stereocenters. The monoisotopic (exact) mass is 134 g/mol. The van der Waals surface area contributed by atoms with Gasteiger partial charge in [0.15, 0.2) is 0 Å². The number of nitrogen functional groups attached to an aromatic ring is 1. The van der Waals surface area contributed by atoms with Crippen molar-refractivity contribution >= 4 is 11.8 Å². The molecule has 0 aliphatic heterocycles. The molecule has 0 radical (unpaired) electrons. The largest absolute Gasteiger partial charge is 0.399 e. The van der Waals surface area contributed by atoms with Crippen molar-refractivity contribution in [3.05, 3.63) is 30.1 Å². The highest BCUT2D eigenvalue weighted by atomic mass is 14.7. The second-order valence-corrected chi connectivity index (χ2v) is 2.17. The third kappa shape index (κ3) is 1.35. The van der Waals surface area contributed by atoms with Crippen LogP contribution in [0.5, 0.6) is 0 Å². The molecule has 0 spiro atoms. The molecule has 0 saturated heterocycles. The Hall–Kier alpha value is -1.31. The number of anilines is 1. The minimum atomic E-state index is 0.738. The number of hydrogen-bond donors (Lipinski definition) is 1. The van der Waals surface area contributed by atoms with E-state index in [0.717, 1.165) is 17.1 Å². The Bertz CT molecular complexity index is 233. The molecular formula is C8H10N2. The number of aryl methyl sites for hydroxylation is 1. The zero-order chi connectivity index (χ0) is 7.56. The first-order chi connectivity index (χ1) is 4.72. The minimum Gasteiger partial charge on any atom is -0.399 e. The van der Waals surface area contributed by atoms with E-state index in [-0.39, 0.29) is 0 Å². The van der Waals surface area contributed by atoms with Crippen LogP contribution in [0.1, 0.15) is 11.4 Å². The highest BCUT2D eigenvalue weighted by Gasteiger charge is 1.91. The van der Waals surface area contributed by atoms with E-state index >= 15 is 0 Å². The number of rotatable bonds is 1. The van der Waals surface area contributed by atoms with Gasteiger partial charge in [-0.1, -0.05) is 6.58 Å². The standard InChI is InChI=1S/C8H10N2/c1-3-8-5-7(9)4-6(2)10-8/h3-5H,1H2,2H3,(H2,9,10). The van der Waals surface area contributed by atoms with Crippen molar-refractivity contribution in [2.24, 2.45) is 0 Å². The van der Waals surface area contributed by atoms with Crippen molar-refractivity contribution in [2.45, 2.75) is 6.92 Å². The molecule has 0 aromatic carbocycles. The Kier molecular flexibility index (Phi) is 1.71. The molecule has 2 N–H and O–H groups in total. The second kappa shape index (κ2) is 2.52. The lowest BCUT2D eigenvalue weighted by Gasteiger charge is -1.97. The summed E-state index contributed by atoms with van der Waals surface area (Å²) in [4.78, 5) is 4.15. The van der Waals surface area contributed by atoms with Crippen LogP contribution in [0.2, 0.25) is 0 Å². The smallest absolute Gasteiger partial charge is 0.0647 e. The van der Waals surface area contributed by atoms with Gasteiger partial charge in [0, 0.05) is 11.4 Å². The zero-order valence-electron chi connectivity index (χ0n) is 5.96. The third-order valence-electron chi connectivity index (χ3n) is 1.20. The average molecular weight is 134 g/mol. The molecule has 10 heavy (non-hydrogen) atoms. The van der Waals surface area contributed by atoms with Crippen molar-refractivity contribution in [3.8, 4) is 0 Å². The molecule has 2 heteroatoms. The van der Waals surface area contributed by atoms with Gasteiger partial charge in [-0.05, 0) is 25.1 Å². The van der Waals surface area contributed by atoms with Gasteiger partial charge >= 0.3 is 0 Å². The van der Waals surface area contributed by atoms with Crippen LogP contribution in [0.25, 0.3) is 6.08 Å². The number of pyridine rings is 1. The first kappa shape index (κ1) is 6.81. The maximum absolute atomic E-state index is 5.55. The lowest BCUT2D eigenvalue weighted by molar-refractivity contribution is 1.18. The Labute approximate surface area is 60.4 Å². The van der Waals surface area contributed by atoms with Crippen LogP contribution >= 0.6 is 0 Å². The summed E-state index contributed by atoms with van der Waals surface area (Å²) in [6, 6.07) is 3.62. The Balaban J connectivity index is 3.18. The summed E-state index contributed by atoms with van der Waals surface area (Å²) in [7, 11) is 0. The first-order valence-corrected chi connectivity index (χ1v) is 3.09. The number of nitrogens with zero attached hydrogens (tertiary/aromatic N) is 1. The van der Waals surface area contributed by atoms with Crippen LogP contribution in [0.15, 0.2) is 18.7 Å². The summed E-state index contributed by atoms with van der Waals surface area (Å²) >= 11 is 0. The van der Waals surface area contributed by atoms with Gasteiger partial charge in [-0.2, -0.15) is 0 Å². The summed E-state index contributed by atoms with van der Waals surface area (Å²) in [5, 5.41) is 0. The fraction of sp³-hybridized carbons (Fsp3) is 0.125. The van der Waals surface area contributed by atoms with E-state index in [1.54, 1.807) is 12.1 Å². The molecular weight excluding hydrogens is 124 g/mol. The van der Waals surface area contributed by atoms with Gasteiger partial charge < -0.3 is 5.73 Å². The van der Waals surface area contributed by atoms with Gasteiger partial charge in [0.25, 0.3) is 0 Å². The fourth-order valence-electron chi connectivity index (χ4n) is 0.826. The predicted octanol–water partition coefficient (Wildman–Crippen LogP) is 1.62. The van der Waals surface area contributed by atoms with Crippen LogP contribution in [-0.2, 0) is 0 Å². The highest BCUT2D eigenvalue weighted by molar-refractivity contribution is 5.50. The molecule has 1 rings (SSSR count). The lowest BCUT2D eigenvalue weighted by Crippen LogP contribution is -1.90. The minimum absolute atomic E-state index is 0.738. The van der Waals surface area contributed by atoms with E-state index in [4.69, 9.17) is 5.73 Å². The molecule has 0 amide bonds. The average Bonchev–Trinajstić information content (AvgIpc) is 1.85. The normalized spacial score (nSPS) is 9.30. The predicted molar refractivity (Wildman–Crippen MR) is 43.5 cm³/mol. The quantitative estimate of drug-likeness (QED) is 0.633. The van der Waals surface area contributed by atoms with E-state index in [9.17, 15) is 0 Å². The summed E-state index contributed by atoms with van der Waals surface area (Å²) in [6.45, 7) is 5.50. The van der Waals surface area contributed by atoms with Gasteiger partial charge in [-0.3, -0.25) is 4.98 Å². The van der Waals surface area contributed by atoms with E-state index in [0.29, 0.717) is 0 Å². The van der Waals surface area contributed by atoms with Crippen molar-refractivity contribution in [1.82, 2.24) is 4.98 Å². The molecule has 0 unspecified atom stereocenters. The van der Waals surface area contributed by atoms with Crippen LogP contribution in [0.3, 0.4) is 0 Å². The van der Waals surface area contributed by atoms with E-state index in [1.807, 2.05) is 13.0 Å². The van der Waals surface area contributed by atoms with E-state index < -0.39 is 0 Å². The molecule has 1 heterocycles. The third-order valence-corrected chi connectivity index (χ3v) is 1.20. The van der Waals surface area contributed by atoms with Crippen molar-refractivity contribution in [2.75, 3.05) is 5.73 Å². The molecule has 2 nitrogen and oxygen atoms in total. The van der Waals surface area contributed by atoms with Crippen molar-refractivity contribution in [3.63, 3.8) is 0 Å². The van der Waals surface area contributed by atoms with Crippen LogP contribution in [-0.4, -0.2) is 4.98 Å². The van der Waals surface area contributed by atoms with Crippen LogP contribution in [0, 0.1) is 6.92 Å². The van der Waals surface area contributed by atoms with Crippen molar-refractivity contribution in [1.29, 1.82) is 0 Å². The molecule has 0 saturated carbocycles. The Morgan fingerprint density at radius 1 is 1.60 bits per heavy atom. The number of nitrogens with two attached hydrogens (primary N) is 1. The Morgan fingerprint density at radius 2 is 2.30 bits per heavy atom. The number of aromatic nitrogens is 1. The van der Waals surface area contributed by atoms with Gasteiger partial charge in [0.05, 0.1) is 5.69 Å². The van der Waals surface area contributed by atoms with E-state index in [1.165, 1.54) is 0 Å². The summed E-state index contributed by atoms with van der Waals surface area (Å²) in [6.07, 6.45) is 1.68. The van der Waals surface area contributed by atoms with Gasteiger partial charge in [-0.25, -0.2) is 0 Å². The Morgan fingerprint density at radius 3 is 2.80 bits per heavy atom. The van der Waals surface area contributed by atoms with Gasteiger partial charge in [0.2, 0.25) is 0 Å². The van der Waals surface area contributed by atoms with Gasteiger partial charge in [0.1, 0.15) is 0 Å². The number of hydrogen-bond acceptors (Lipinski definition) is 2. The van der Waals surface area contributed by atoms with Crippen molar-refractivity contribution < 1.29 is 0 Å². The second-order valence-electron chi connectivity index (χ2n) is 2.17. The molecule has 1 aromatic rings. The summed E-state index contributed by atoms with van der Waals surface area (Å²) in [5.74, 6) is 0. The summed E-state index contributed by atoms with van der Waals surface area (Å²) in [5.41, 5.74) is 8.04. The molecule has 52 valence electrons. The molecule has 0 aliphatic carbocycles. The molecule has 0 aliphatic rings. The summed E-state index contributed by atoms with van der Waals surface area (Å²) < 4.78 is 0. The fourth-order valence-corrected chi connectivity index (χ4v) is 0.826. The molecule has 1 aromatic heterocycles.